The molecule has 0 aliphatic rings. The molecule has 0 bridgehead atoms. The summed E-state index contributed by atoms with van der Waals surface area (Å²) in [5.41, 5.74) is 2.61. The molecule has 0 aliphatic heterocycles. The summed E-state index contributed by atoms with van der Waals surface area (Å²) in [6, 6.07) is 21.0. The van der Waals surface area contributed by atoms with Crippen molar-refractivity contribution in [1.29, 1.82) is 0 Å². The second-order valence-electron chi connectivity index (χ2n) is 5.61. The van der Waals surface area contributed by atoms with Crippen molar-refractivity contribution in [3.63, 3.8) is 0 Å². The van der Waals surface area contributed by atoms with Gasteiger partial charge in [0.15, 0.2) is 0 Å². The Balaban J connectivity index is 1.76. The minimum Gasteiger partial charge on any atom is -0.298 e. The molecule has 0 amide bonds. The van der Waals surface area contributed by atoms with Crippen LogP contribution in [0.5, 0.6) is 0 Å². The molecule has 0 unspecified atom stereocenters. The van der Waals surface area contributed by atoms with Crippen molar-refractivity contribution >= 4 is 0 Å². The Morgan fingerprint density at radius 1 is 0.708 bits per heavy atom. The molecule has 2 aromatic heterocycles. The van der Waals surface area contributed by atoms with E-state index in [4.69, 9.17) is 2.74 Å². The molecule has 0 fully saturated rings. The maximum absolute atomic E-state index is 8.71. The normalized spacial score (nSPS) is 12.7. The highest BCUT2D eigenvalue weighted by Crippen LogP contribution is 2.08. The summed E-state index contributed by atoms with van der Waals surface area (Å²) < 4.78 is 17.4. The Morgan fingerprint density at radius 2 is 1.25 bits per heavy atom. The van der Waals surface area contributed by atoms with Crippen molar-refractivity contribution in [3.05, 3.63) is 96.1 Å². The van der Waals surface area contributed by atoms with Gasteiger partial charge in [-0.1, -0.05) is 42.5 Å². The molecule has 0 radical (unpaired) electrons. The smallest absolute Gasteiger partial charge is 0.0481 e. The third-order valence-electron chi connectivity index (χ3n) is 3.79. The molecule has 0 saturated carbocycles. The summed E-state index contributed by atoms with van der Waals surface area (Å²) in [7, 11) is 0. The van der Waals surface area contributed by atoms with Crippen LogP contribution < -0.4 is 0 Å². The van der Waals surface area contributed by atoms with Crippen molar-refractivity contribution in [2.24, 2.45) is 0 Å². The third kappa shape index (κ3) is 5.28. The minimum atomic E-state index is -1.55. The van der Waals surface area contributed by atoms with Gasteiger partial charge in [0.1, 0.15) is 0 Å². The molecule has 3 rings (SSSR count). The van der Waals surface area contributed by atoms with Crippen LogP contribution in [0, 0.1) is 0 Å². The van der Waals surface area contributed by atoms with E-state index >= 15 is 0 Å². The zero-order valence-electron chi connectivity index (χ0n) is 15.7. The highest BCUT2D eigenvalue weighted by molar-refractivity contribution is 5.14. The molecule has 0 spiro atoms. The number of pyridine rings is 2. The number of hydrogen-bond acceptors (Lipinski definition) is 3. The fourth-order valence-corrected chi connectivity index (χ4v) is 2.51. The van der Waals surface area contributed by atoms with E-state index < -0.39 is 6.50 Å². The summed E-state index contributed by atoms with van der Waals surface area (Å²) in [6.45, 7) is -0.373. The van der Waals surface area contributed by atoms with Crippen LogP contribution in [0.15, 0.2) is 79.1 Å². The van der Waals surface area contributed by atoms with Crippen molar-refractivity contribution < 1.29 is 2.74 Å². The quantitative estimate of drug-likeness (QED) is 0.633. The monoisotopic (exact) mass is 319 g/mol. The number of aromatic nitrogens is 2. The second-order valence-corrected chi connectivity index (χ2v) is 5.61. The fourth-order valence-electron chi connectivity index (χ4n) is 2.51. The van der Waals surface area contributed by atoms with Crippen LogP contribution in [0.2, 0.25) is 0 Å². The van der Waals surface area contributed by atoms with Crippen LogP contribution in [0.4, 0.5) is 0 Å². The van der Waals surface area contributed by atoms with Crippen LogP contribution >= 0.6 is 0 Å². The van der Waals surface area contributed by atoms with Gasteiger partial charge in [0.25, 0.3) is 0 Å². The van der Waals surface area contributed by atoms with E-state index in [-0.39, 0.29) is 0 Å². The van der Waals surface area contributed by atoms with Crippen LogP contribution in [0.3, 0.4) is 0 Å². The SMILES string of the molecule is [2H]C([2H])(c1ccccc1)N(CCc1ccccn1)CCc1ccccn1. The van der Waals surface area contributed by atoms with Crippen molar-refractivity contribution in [2.75, 3.05) is 13.1 Å². The Hall–Kier alpha value is -2.52. The average Bonchev–Trinajstić information content (AvgIpc) is 2.70. The number of benzene rings is 1. The molecular formula is C21H23N3. The van der Waals surface area contributed by atoms with E-state index in [0.29, 0.717) is 31.5 Å². The zero-order chi connectivity index (χ0) is 18.2. The van der Waals surface area contributed by atoms with Crippen LogP contribution in [0.25, 0.3) is 0 Å². The number of hydrogen-bond donors (Lipinski definition) is 0. The predicted molar refractivity (Wildman–Crippen MR) is 97.6 cm³/mol. The molecule has 3 aromatic rings. The van der Waals surface area contributed by atoms with Gasteiger partial charge < -0.3 is 0 Å². The standard InChI is InChI=1S/C21H23N3/c1-2-8-19(9-3-1)18-24(16-12-20-10-4-6-14-22-20)17-13-21-11-5-7-15-23-21/h1-11,14-15H,12-13,16-18H2/i18D2. The summed E-state index contributed by atoms with van der Waals surface area (Å²) in [5, 5.41) is 0. The van der Waals surface area contributed by atoms with Gasteiger partial charge in [-0.3, -0.25) is 14.9 Å². The minimum absolute atomic E-state index is 0.589. The van der Waals surface area contributed by atoms with E-state index in [2.05, 4.69) is 9.97 Å². The van der Waals surface area contributed by atoms with Gasteiger partial charge >= 0.3 is 0 Å². The molecule has 3 nitrogen and oxygen atoms in total. The lowest BCUT2D eigenvalue weighted by molar-refractivity contribution is 0.270. The molecular weight excluding hydrogens is 294 g/mol. The van der Waals surface area contributed by atoms with Gasteiger partial charge in [0.2, 0.25) is 0 Å². The van der Waals surface area contributed by atoms with E-state index in [1.165, 1.54) is 0 Å². The van der Waals surface area contributed by atoms with E-state index in [9.17, 15) is 0 Å². The third-order valence-corrected chi connectivity index (χ3v) is 3.79. The molecule has 0 aliphatic carbocycles. The van der Waals surface area contributed by atoms with Crippen molar-refractivity contribution in [1.82, 2.24) is 14.9 Å². The molecule has 3 heteroatoms. The van der Waals surface area contributed by atoms with Gasteiger partial charge in [-0.25, -0.2) is 0 Å². The maximum atomic E-state index is 8.71. The van der Waals surface area contributed by atoms with Crippen LogP contribution in [-0.4, -0.2) is 28.0 Å². The van der Waals surface area contributed by atoms with Gasteiger partial charge in [0, 0.05) is 59.0 Å². The molecule has 2 heterocycles. The largest absolute Gasteiger partial charge is 0.298 e. The molecule has 24 heavy (non-hydrogen) atoms. The summed E-state index contributed by atoms with van der Waals surface area (Å²) in [6.07, 6.45) is 4.96. The highest BCUT2D eigenvalue weighted by atomic mass is 15.1. The molecule has 122 valence electrons. The van der Waals surface area contributed by atoms with Gasteiger partial charge in [-0.15, -0.1) is 0 Å². The summed E-state index contributed by atoms with van der Waals surface area (Å²) in [5.74, 6) is 0. The lowest BCUT2D eigenvalue weighted by Crippen LogP contribution is -2.28. The first-order valence-electron chi connectivity index (χ1n) is 9.26. The lowest BCUT2D eigenvalue weighted by atomic mass is 10.1. The lowest BCUT2D eigenvalue weighted by Gasteiger charge is -2.22. The second kappa shape index (κ2) is 8.94. The van der Waals surface area contributed by atoms with Crippen LogP contribution in [0.1, 0.15) is 19.7 Å². The van der Waals surface area contributed by atoms with Gasteiger partial charge in [-0.2, -0.15) is 0 Å². The Labute approximate surface area is 146 Å². The van der Waals surface area contributed by atoms with E-state index in [0.717, 1.165) is 11.4 Å². The summed E-state index contributed by atoms with van der Waals surface area (Å²) >= 11 is 0. The first-order chi connectivity index (χ1) is 12.7. The Bertz CT molecular complexity index is 737. The topological polar surface area (TPSA) is 29.0 Å². The average molecular weight is 319 g/mol. The first-order valence-corrected chi connectivity index (χ1v) is 8.26. The van der Waals surface area contributed by atoms with E-state index in [1.54, 1.807) is 12.4 Å². The zero-order valence-corrected chi connectivity index (χ0v) is 13.7. The molecule has 0 atom stereocenters. The number of rotatable bonds is 8. The van der Waals surface area contributed by atoms with Crippen molar-refractivity contribution in [3.8, 4) is 0 Å². The van der Waals surface area contributed by atoms with Crippen molar-refractivity contribution in [2.45, 2.75) is 19.3 Å². The molecule has 1 aromatic carbocycles. The Kier molecular flexibility index (Phi) is 5.17. The van der Waals surface area contributed by atoms with Gasteiger partial charge in [0.05, 0.1) is 0 Å². The maximum Gasteiger partial charge on any atom is 0.0481 e. The highest BCUT2D eigenvalue weighted by Gasteiger charge is 2.08. The first kappa shape index (κ1) is 13.9. The molecule has 0 N–H and O–H groups in total. The molecule has 0 saturated heterocycles. The Morgan fingerprint density at radius 3 is 1.75 bits per heavy atom. The van der Waals surface area contributed by atoms with E-state index in [1.807, 2.05) is 71.6 Å². The number of nitrogens with zero attached hydrogens (tertiary/aromatic N) is 3. The summed E-state index contributed by atoms with van der Waals surface area (Å²) in [4.78, 5) is 10.6. The van der Waals surface area contributed by atoms with Gasteiger partial charge in [-0.05, 0) is 29.8 Å². The fraction of sp³-hybridized carbons (Fsp3) is 0.238. The predicted octanol–water partition coefficient (Wildman–Crippen LogP) is 3.76. The van der Waals surface area contributed by atoms with Crippen LogP contribution in [-0.2, 0) is 19.3 Å².